The van der Waals surface area contributed by atoms with Crippen molar-refractivity contribution < 1.29 is 18.0 Å². The molecule has 2 amide bonds. The van der Waals surface area contributed by atoms with E-state index in [-0.39, 0.29) is 18.6 Å². The Bertz CT molecular complexity index is 979. The summed E-state index contributed by atoms with van der Waals surface area (Å²) in [5.41, 5.74) is 3.28. The fourth-order valence-corrected chi connectivity index (χ4v) is 2.92. The zero-order valence-electron chi connectivity index (χ0n) is 14.9. The number of hydrogen-bond donors (Lipinski definition) is 2. The number of amides is 2. The Morgan fingerprint density at radius 3 is 2.59 bits per heavy atom. The van der Waals surface area contributed by atoms with Crippen LogP contribution in [0.1, 0.15) is 17.0 Å². The summed E-state index contributed by atoms with van der Waals surface area (Å²) in [5.74, 6) is -0.972. The van der Waals surface area contributed by atoms with E-state index >= 15 is 0 Å². The first-order valence-electron chi connectivity index (χ1n) is 8.40. The van der Waals surface area contributed by atoms with Gasteiger partial charge >= 0.3 is 12.2 Å². The number of imidazole rings is 1. The summed E-state index contributed by atoms with van der Waals surface area (Å²) < 4.78 is 40.8. The van der Waals surface area contributed by atoms with Gasteiger partial charge in [-0.2, -0.15) is 13.2 Å². The van der Waals surface area contributed by atoms with Crippen molar-refractivity contribution >= 4 is 22.8 Å². The first-order chi connectivity index (χ1) is 12.8. The molecular formula is C19H19F3N4O. The minimum Gasteiger partial charge on any atom is -0.336 e. The lowest BCUT2D eigenvalue weighted by molar-refractivity contribution is -0.146. The highest BCUT2D eigenvalue weighted by molar-refractivity contribution is 5.90. The average Bonchev–Trinajstić information content (AvgIpc) is 2.97. The van der Waals surface area contributed by atoms with Gasteiger partial charge in [0.15, 0.2) is 0 Å². The van der Waals surface area contributed by atoms with Crippen LogP contribution in [0.25, 0.3) is 11.0 Å². The number of para-hydroxylation sites is 2. The van der Waals surface area contributed by atoms with Crippen LogP contribution in [-0.2, 0) is 12.7 Å². The van der Waals surface area contributed by atoms with Gasteiger partial charge in [-0.05, 0) is 37.6 Å². The summed E-state index contributed by atoms with van der Waals surface area (Å²) in [6, 6.07) is 11.5. The normalized spacial score (nSPS) is 11.6. The van der Waals surface area contributed by atoms with Gasteiger partial charge in [0, 0.05) is 18.8 Å². The van der Waals surface area contributed by atoms with E-state index in [1.165, 1.54) is 6.07 Å². The first kappa shape index (κ1) is 18.8. The molecule has 0 saturated heterocycles. The Labute approximate surface area is 154 Å². The number of aromatic nitrogens is 2. The molecule has 0 saturated carbocycles. The Kier molecular flexibility index (Phi) is 5.07. The third-order valence-electron chi connectivity index (χ3n) is 4.16. The van der Waals surface area contributed by atoms with E-state index in [1.54, 1.807) is 24.3 Å². The van der Waals surface area contributed by atoms with Crippen molar-refractivity contribution in [2.75, 3.05) is 11.9 Å². The van der Waals surface area contributed by atoms with Gasteiger partial charge in [0.25, 0.3) is 0 Å². The molecule has 5 nitrogen and oxygen atoms in total. The molecule has 0 aliphatic rings. The number of alkyl halides is 3. The van der Waals surface area contributed by atoms with Gasteiger partial charge in [-0.1, -0.05) is 29.8 Å². The maximum Gasteiger partial charge on any atom is 0.449 e. The molecule has 0 aliphatic heterocycles. The molecule has 8 heteroatoms. The van der Waals surface area contributed by atoms with Crippen molar-refractivity contribution in [3.63, 3.8) is 0 Å². The molecule has 2 aromatic carbocycles. The van der Waals surface area contributed by atoms with Crippen molar-refractivity contribution in [3.8, 4) is 0 Å². The van der Waals surface area contributed by atoms with Crippen LogP contribution in [0.4, 0.5) is 23.7 Å². The van der Waals surface area contributed by atoms with Gasteiger partial charge in [0.05, 0.1) is 11.0 Å². The number of fused-ring (bicyclic) bond motifs is 1. The lowest BCUT2D eigenvalue weighted by Crippen LogP contribution is -2.32. The highest BCUT2D eigenvalue weighted by Crippen LogP contribution is 2.31. The Hall–Kier alpha value is -3.03. The van der Waals surface area contributed by atoms with E-state index in [0.29, 0.717) is 11.2 Å². The molecule has 0 atom stereocenters. The van der Waals surface area contributed by atoms with Gasteiger partial charge in [-0.3, -0.25) is 0 Å². The number of anilines is 1. The van der Waals surface area contributed by atoms with Crippen LogP contribution >= 0.6 is 0 Å². The van der Waals surface area contributed by atoms with E-state index in [4.69, 9.17) is 0 Å². The molecule has 0 aliphatic carbocycles. The summed E-state index contributed by atoms with van der Waals surface area (Å²) in [5, 5.41) is 5.29. The molecule has 3 aromatic rings. The Morgan fingerprint density at radius 1 is 1.15 bits per heavy atom. The van der Waals surface area contributed by atoms with Crippen LogP contribution in [0, 0.1) is 13.8 Å². The second-order valence-corrected chi connectivity index (χ2v) is 6.27. The summed E-state index contributed by atoms with van der Waals surface area (Å²) in [6.45, 7) is 3.80. The number of halogens is 3. The van der Waals surface area contributed by atoms with Crippen LogP contribution in [0.3, 0.4) is 0 Å². The monoisotopic (exact) mass is 376 g/mol. The van der Waals surface area contributed by atoms with Gasteiger partial charge in [-0.25, -0.2) is 9.78 Å². The first-order valence-corrected chi connectivity index (χ1v) is 8.40. The van der Waals surface area contributed by atoms with E-state index in [0.717, 1.165) is 15.7 Å². The second-order valence-electron chi connectivity index (χ2n) is 6.27. The molecule has 1 aromatic heterocycles. The van der Waals surface area contributed by atoms with Gasteiger partial charge in [0.2, 0.25) is 5.82 Å². The molecule has 0 fully saturated rings. The van der Waals surface area contributed by atoms with Crippen LogP contribution in [0.15, 0.2) is 42.5 Å². The number of nitrogens with zero attached hydrogens (tertiary/aromatic N) is 2. The Balaban J connectivity index is 1.69. The van der Waals surface area contributed by atoms with Crippen molar-refractivity contribution in [1.29, 1.82) is 0 Å². The number of aryl methyl sites for hydroxylation is 2. The van der Waals surface area contributed by atoms with Crippen molar-refractivity contribution in [2.24, 2.45) is 0 Å². The molecule has 0 bridgehead atoms. The molecule has 0 unspecified atom stereocenters. The number of nitrogens with one attached hydrogen (secondary N) is 2. The lowest BCUT2D eigenvalue weighted by Gasteiger charge is -2.13. The minimum absolute atomic E-state index is 0.0280. The Morgan fingerprint density at radius 2 is 1.89 bits per heavy atom. The largest absolute Gasteiger partial charge is 0.449 e. The second kappa shape index (κ2) is 7.30. The van der Waals surface area contributed by atoms with Crippen LogP contribution in [0.5, 0.6) is 0 Å². The number of carbonyl (C=O) groups excluding carboxylic acids is 1. The molecule has 142 valence electrons. The molecule has 2 N–H and O–H groups in total. The van der Waals surface area contributed by atoms with Crippen molar-refractivity contribution in [2.45, 2.75) is 26.6 Å². The number of hydrogen-bond acceptors (Lipinski definition) is 2. The van der Waals surface area contributed by atoms with E-state index < -0.39 is 18.0 Å². The molecule has 27 heavy (non-hydrogen) atoms. The third kappa shape index (κ3) is 4.21. The summed E-state index contributed by atoms with van der Waals surface area (Å²) in [4.78, 5) is 15.7. The maximum absolute atomic E-state index is 13.3. The topological polar surface area (TPSA) is 59.0 Å². The molecular weight excluding hydrogens is 357 g/mol. The third-order valence-corrected chi connectivity index (χ3v) is 4.16. The van der Waals surface area contributed by atoms with Crippen LogP contribution in [0.2, 0.25) is 0 Å². The number of carbonyl (C=O) groups is 1. The smallest absolute Gasteiger partial charge is 0.336 e. The minimum atomic E-state index is -4.57. The summed E-state index contributed by atoms with van der Waals surface area (Å²) in [6.07, 6.45) is -4.57. The van der Waals surface area contributed by atoms with E-state index in [1.807, 2.05) is 26.0 Å². The highest BCUT2D eigenvalue weighted by Gasteiger charge is 2.37. The number of rotatable bonds is 4. The molecule has 3 rings (SSSR count). The molecule has 0 radical (unpaired) electrons. The quantitative estimate of drug-likeness (QED) is 0.705. The van der Waals surface area contributed by atoms with Gasteiger partial charge in [-0.15, -0.1) is 0 Å². The number of urea groups is 1. The highest BCUT2D eigenvalue weighted by atomic mass is 19.4. The van der Waals surface area contributed by atoms with Crippen LogP contribution in [-0.4, -0.2) is 22.1 Å². The van der Waals surface area contributed by atoms with E-state index in [9.17, 15) is 18.0 Å². The fraction of sp³-hybridized carbons (Fsp3) is 0.263. The molecule has 0 spiro atoms. The van der Waals surface area contributed by atoms with Crippen molar-refractivity contribution in [1.82, 2.24) is 14.9 Å². The maximum atomic E-state index is 13.3. The predicted octanol–water partition coefficient (Wildman–Crippen LogP) is 4.49. The van der Waals surface area contributed by atoms with Gasteiger partial charge in [0.1, 0.15) is 0 Å². The van der Waals surface area contributed by atoms with Gasteiger partial charge < -0.3 is 15.2 Å². The standard InChI is InChI=1S/C19H19F3N4O/c1-12-7-8-14(13(2)11-12)25-18(27)23-9-10-26-16-6-4-3-5-15(16)24-17(26)19(20,21)22/h3-8,11H,9-10H2,1-2H3,(H2,23,25,27). The zero-order chi connectivity index (χ0) is 19.6. The number of benzene rings is 2. The predicted molar refractivity (Wildman–Crippen MR) is 97.7 cm³/mol. The fourth-order valence-electron chi connectivity index (χ4n) is 2.92. The van der Waals surface area contributed by atoms with Crippen LogP contribution < -0.4 is 10.6 Å². The van der Waals surface area contributed by atoms with Crippen molar-refractivity contribution in [3.05, 3.63) is 59.4 Å². The summed E-state index contributed by atoms with van der Waals surface area (Å²) in [7, 11) is 0. The average molecular weight is 376 g/mol. The van der Waals surface area contributed by atoms with E-state index in [2.05, 4.69) is 15.6 Å². The SMILES string of the molecule is Cc1ccc(NC(=O)NCCn2c(C(F)(F)F)nc3ccccc32)c(C)c1. The zero-order valence-corrected chi connectivity index (χ0v) is 14.9. The summed E-state index contributed by atoms with van der Waals surface area (Å²) >= 11 is 0. The molecule has 1 heterocycles. The lowest BCUT2D eigenvalue weighted by atomic mass is 10.1.